The van der Waals surface area contributed by atoms with E-state index in [1.807, 2.05) is 55.4 Å². The summed E-state index contributed by atoms with van der Waals surface area (Å²) in [7, 11) is 0. The molecule has 0 unspecified atom stereocenters. The third kappa shape index (κ3) is 5.22. The lowest BCUT2D eigenvalue weighted by atomic mass is 9.52. The van der Waals surface area contributed by atoms with Crippen molar-refractivity contribution >= 4 is 11.9 Å². The molecule has 0 radical (unpaired) electrons. The fourth-order valence-electron chi connectivity index (χ4n) is 4.49. The predicted octanol–water partition coefficient (Wildman–Crippen LogP) is 5.31. The number of hydrogen-bond acceptors (Lipinski definition) is 2. The van der Waals surface area contributed by atoms with Crippen molar-refractivity contribution in [2.45, 2.75) is 81.1 Å². The van der Waals surface area contributed by atoms with Gasteiger partial charge in [-0.2, -0.15) is 0 Å². The molecule has 0 aromatic rings. The third-order valence-electron chi connectivity index (χ3n) is 4.76. The number of carboxylic acids is 2. The van der Waals surface area contributed by atoms with Gasteiger partial charge in [0, 0.05) is 0 Å². The van der Waals surface area contributed by atoms with E-state index in [-0.39, 0.29) is 23.7 Å². The summed E-state index contributed by atoms with van der Waals surface area (Å²) in [4.78, 5) is 25.1. The van der Waals surface area contributed by atoms with Crippen molar-refractivity contribution < 1.29 is 19.8 Å². The zero-order valence-electron chi connectivity index (χ0n) is 16.8. The average molecular weight is 343 g/mol. The molecule has 0 atom stereocenters. The molecule has 0 bridgehead atoms. The van der Waals surface area contributed by atoms with Gasteiger partial charge in [-0.05, 0) is 49.4 Å². The molecule has 0 aliphatic carbocycles. The summed E-state index contributed by atoms with van der Waals surface area (Å²) in [5.41, 5.74) is -2.48. The molecular weight excluding hydrogens is 304 g/mol. The third-order valence-corrected chi connectivity index (χ3v) is 4.76. The van der Waals surface area contributed by atoms with E-state index in [4.69, 9.17) is 0 Å². The molecule has 0 aliphatic heterocycles. The smallest absolute Gasteiger partial charge is 0.310 e. The molecular formula is C20H38O4. The molecule has 0 aromatic heterocycles. The van der Waals surface area contributed by atoms with E-state index < -0.39 is 22.8 Å². The molecule has 24 heavy (non-hydrogen) atoms. The largest absolute Gasteiger partial charge is 0.481 e. The Hall–Kier alpha value is -1.06. The normalized spacial score (nSPS) is 13.3. The zero-order chi connectivity index (χ0) is 19.3. The van der Waals surface area contributed by atoms with Crippen molar-refractivity contribution in [3.63, 3.8) is 0 Å². The van der Waals surface area contributed by atoms with Gasteiger partial charge >= 0.3 is 11.9 Å². The zero-order valence-corrected chi connectivity index (χ0v) is 16.8. The second-order valence-corrected chi connectivity index (χ2v) is 9.17. The highest BCUT2D eigenvalue weighted by atomic mass is 16.4. The molecule has 0 saturated heterocycles. The van der Waals surface area contributed by atoms with Crippen LogP contribution < -0.4 is 0 Å². The standard InChI is InChI=1S/C20H38O4/c1-13(2)9-19(17(21)22,10-14(3)4)20(18(23)24,11-15(5)6)12-16(7)8/h13-16H,9-12H2,1-8H3,(H,21,22)(H,23,24). The van der Waals surface area contributed by atoms with E-state index in [0.717, 1.165) is 0 Å². The highest BCUT2D eigenvalue weighted by Crippen LogP contribution is 2.55. The molecule has 0 aromatic carbocycles. The van der Waals surface area contributed by atoms with Gasteiger partial charge in [0.1, 0.15) is 0 Å². The highest BCUT2D eigenvalue weighted by molar-refractivity contribution is 5.86. The Morgan fingerprint density at radius 3 is 0.833 bits per heavy atom. The second kappa shape index (κ2) is 8.87. The molecule has 0 saturated carbocycles. The van der Waals surface area contributed by atoms with Crippen molar-refractivity contribution in [2.75, 3.05) is 0 Å². The Bertz CT molecular complexity index is 361. The molecule has 4 nitrogen and oxygen atoms in total. The van der Waals surface area contributed by atoms with E-state index in [2.05, 4.69) is 0 Å². The van der Waals surface area contributed by atoms with E-state index in [9.17, 15) is 19.8 Å². The van der Waals surface area contributed by atoms with Crippen molar-refractivity contribution in [3.05, 3.63) is 0 Å². The fraction of sp³-hybridized carbons (Fsp3) is 0.900. The lowest BCUT2D eigenvalue weighted by Crippen LogP contribution is -2.55. The van der Waals surface area contributed by atoms with Gasteiger partial charge in [-0.3, -0.25) is 9.59 Å². The van der Waals surface area contributed by atoms with Gasteiger partial charge in [-0.15, -0.1) is 0 Å². The molecule has 0 aliphatic rings. The minimum absolute atomic E-state index is 0.123. The van der Waals surface area contributed by atoms with Gasteiger partial charge in [-0.25, -0.2) is 0 Å². The van der Waals surface area contributed by atoms with E-state index in [1.54, 1.807) is 0 Å². The Morgan fingerprint density at radius 1 is 0.583 bits per heavy atom. The van der Waals surface area contributed by atoms with Crippen molar-refractivity contribution in [3.8, 4) is 0 Å². The first-order chi connectivity index (χ1) is 10.8. The Balaban J connectivity index is 6.59. The Labute approximate surface area is 148 Å². The highest BCUT2D eigenvalue weighted by Gasteiger charge is 2.61. The molecule has 142 valence electrons. The van der Waals surface area contributed by atoms with Gasteiger partial charge in [0.2, 0.25) is 0 Å². The van der Waals surface area contributed by atoms with E-state index in [0.29, 0.717) is 25.7 Å². The van der Waals surface area contributed by atoms with Gasteiger partial charge in [0.05, 0.1) is 10.8 Å². The summed E-state index contributed by atoms with van der Waals surface area (Å²) in [5, 5.41) is 20.5. The Kier molecular flexibility index (Phi) is 8.47. The summed E-state index contributed by atoms with van der Waals surface area (Å²) in [6.45, 7) is 15.9. The van der Waals surface area contributed by atoms with Gasteiger partial charge in [-0.1, -0.05) is 55.4 Å². The summed E-state index contributed by atoms with van der Waals surface area (Å²) in [6.07, 6.45) is 1.58. The average Bonchev–Trinajstić information content (AvgIpc) is 2.33. The van der Waals surface area contributed by atoms with Gasteiger partial charge in [0.15, 0.2) is 0 Å². The summed E-state index contributed by atoms with van der Waals surface area (Å²) in [6, 6.07) is 0. The fourth-order valence-corrected chi connectivity index (χ4v) is 4.49. The van der Waals surface area contributed by atoms with Crippen molar-refractivity contribution in [2.24, 2.45) is 34.5 Å². The summed E-state index contributed by atoms with van der Waals surface area (Å²) in [5.74, 6) is -1.41. The maximum atomic E-state index is 12.5. The van der Waals surface area contributed by atoms with Gasteiger partial charge in [0.25, 0.3) is 0 Å². The van der Waals surface area contributed by atoms with Crippen LogP contribution in [0.4, 0.5) is 0 Å². The van der Waals surface area contributed by atoms with Crippen LogP contribution in [0.3, 0.4) is 0 Å². The van der Waals surface area contributed by atoms with Gasteiger partial charge < -0.3 is 10.2 Å². The molecule has 0 rings (SSSR count). The number of rotatable bonds is 11. The molecule has 0 fully saturated rings. The maximum absolute atomic E-state index is 12.5. The molecule has 4 heteroatoms. The summed E-state index contributed by atoms with van der Waals surface area (Å²) >= 11 is 0. The molecule has 0 heterocycles. The number of carbonyl (C=O) groups is 2. The topological polar surface area (TPSA) is 74.6 Å². The van der Waals surface area contributed by atoms with Crippen LogP contribution in [0, 0.1) is 34.5 Å². The minimum Gasteiger partial charge on any atom is -0.481 e. The van der Waals surface area contributed by atoms with Crippen LogP contribution in [0.5, 0.6) is 0 Å². The van der Waals surface area contributed by atoms with Crippen LogP contribution in [0.15, 0.2) is 0 Å². The van der Waals surface area contributed by atoms with Crippen LogP contribution in [0.25, 0.3) is 0 Å². The first kappa shape index (κ1) is 22.9. The van der Waals surface area contributed by atoms with Crippen molar-refractivity contribution in [1.82, 2.24) is 0 Å². The minimum atomic E-state index is -1.24. The number of carboxylic acid groups (broad SMARTS) is 2. The van der Waals surface area contributed by atoms with Crippen LogP contribution in [0.2, 0.25) is 0 Å². The van der Waals surface area contributed by atoms with Crippen LogP contribution in [-0.2, 0) is 9.59 Å². The lowest BCUT2D eigenvalue weighted by molar-refractivity contribution is -0.183. The first-order valence-electron chi connectivity index (χ1n) is 9.27. The predicted molar refractivity (Wildman–Crippen MR) is 98.0 cm³/mol. The maximum Gasteiger partial charge on any atom is 0.310 e. The first-order valence-corrected chi connectivity index (χ1v) is 9.27. The number of aliphatic carboxylic acids is 2. The van der Waals surface area contributed by atoms with Crippen LogP contribution >= 0.6 is 0 Å². The molecule has 0 amide bonds. The van der Waals surface area contributed by atoms with Crippen molar-refractivity contribution in [1.29, 1.82) is 0 Å². The monoisotopic (exact) mass is 342 g/mol. The molecule has 2 N–H and O–H groups in total. The quantitative estimate of drug-likeness (QED) is 0.533. The van der Waals surface area contributed by atoms with Crippen LogP contribution in [0.1, 0.15) is 81.1 Å². The number of hydrogen-bond donors (Lipinski definition) is 2. The molecule has 0 spiro atoms. The van der Waals surface area contributed by atoms with E-state index >= 15 is 0 Å². The van der Waals surface area contributed by atoms with E-state index in [1.165, 1.54) is 0 Å². The lowest BCUT2D eigenvalue weighted by Gasteiger charge is -2.49. The van der Waals surface area contributed by atoms with Crippen LogP contribution in [-0.4, -0.2) is 22.2 Å². The SMILES string of the molecule is CC(C)CC(CC(C)C)(C(=O)O)C(CC(C)C)(CC(C)C)C(=O)O. The second-order valence-electron chi connectivity index (χ2n) is 9.17. The summed E-state index contributed by atoms with van der Waals surface area (Å²) < 4.78 is 0. The Morgan fingerprint density at radius 2 is 0.750 bits per heavy atom.